The third kappa shape index (κ3) is 1.81. The van der Waals surface area contributed by atoms with Crippen molar-refractivity contribution in [1.82, 2.24) is 0 Å². The fourth-order valence-corrected chi connectivity index (χ4v) is 1.47. The van der Waals surface area contributed by atoms with Crippen LogP contribution in [0.15, 0.2) is 36.4 Å². The molecule has 1 aromatic rings. The van der Waals surface area contributed by atoms with Gasteiger partial charge in [-0.15, -0.1) is 0 Å². The van der Waals surface area contributed by atoms with E-state index in [4.69, 9.17) is 4.74 Å². The van der Waals surface area contributed by atoms with Crippen molar-refractivity contribution >= 4 is 17.5 Å². The quantitative estimate of drug-likeness (QED) is 0.542. The number of rotatable bonds is 2. The summed E-state index contributed by atoms with van der Waals surface area (Å²) < 4.78 is 5.02. The Morgan fingerprint density at radius 3 is 2.47 bits per heavy atom. The van der Waals surface area contributed by atoms with Gasteiger partial charge in [-0.05, 0) is 13.0 Å². The van der Waals surface area contributed by atoms with Gasteiger partial charge in [0.1, 0.15) is 17.5 Å². The van der Waals surface area contributed by atoms with Crippen LogP contribution in [0.4, 0.5) is 0 Å². The van der Waals surface area contributed by atoms with Crippen LogP contribution in [-0.2, 0) is 14.3 Å². The molecular weight excluding hydrogens is 192 g/mol. The van der Waals surface area contributed by atoms with Crippen molar-refractivity contribution < 1.29 is 14.3 Å². The normalized spacial score (nSPS) is 19.7. The van der Waals surface area contributed by atoms with E-state index in [2.05, 4.69) is 0 Å². The highest BCUT2D eigenvalue weighted by molar-refractivity contribution is 6.05. The van der Waals surface area contributed by atoms with Gasteiger partial charge < -0.3 is 4.74 Å². The summed E-state index contributed by atoms with van der Waals surface area (Å²) in [5, 5.41) is 0. The number of hydrogen-bond acceptors (Lipinski definition) is 3. The lowest BCUT2D eigenvalue weighted by molar-refractivity contribution is -0.141. The van der Waals surface area contributed by atoms with Gasteiger partial charge in [0, 0.05) is 5.56 Å². The van der Waals surface area contributed by atoms with Gasteiger partial charge in [-0.2, -0.15) is 0 Å². The van der Waals surface area contributed by atoms with E-state index < -0.39 is 11.9 Å². The lowest BCUT2D eigenvalue weighted by Gasteiger charge is -2.00. The first-order valence-corrected chi connectivity index (χ1v) is 4.68. The molecule has 0 fully saturated rings. The van der Waals surface area contributed by atoms with Crippen molar-refractivity contribution in [2.45, 2.75) is 6.92 Å². The van der Waals surface area contributed by atoms with E-state index in [0.717, 1.165) is 5.56 Å². The molecule has 0 spiro atoms. The van der Waals surface area contributed by atoms with Crippen LogP contribution >= 0.6 is 0 Å². The van der Waals surface area contributed by atoms with Gasteiger partial charge in [0.15, 0.2) is 0 Å². The van der Waals surface area contributed by atoms with Gasteiger partial charge in [0.05, 0.1) is 0 Å². The molecule has 1 aliphatic heterocycles. The molecule has 15 heavy (non-hydrogen) atoms. The highest BCUT2D eigenvalue weighted by atomic mass is 16.5. The largest absolute Gasteiger partial charge is 0.425 e. The first-order valence-electron chi connectivity index (χ1n) is 4.68. The summed E-state index contributed by atoms with van der Waals surface area (Å²) in [5.41, 5.74) is 0.814. The van der Waals surface area contributed by atoms with Gasteiger partial charge in [0.25, 0.3) is 0 Å². The Hall–Kier alpha value is -1.90. The van der Waals surface area contributed by atoms with Crippen molar-refractivity contribution in [1.29, 1.82) is 0 Å². The predicted octanol–water partition coefficient (Wildman–Crippen LogP) is 1.79. The van der Waals surface area contributed by atoms with Gasteiger partial charge in [-0.1, -0.05) is 30.3 Å². The van der Waals surface area contributed by atoms with Crippen LogP contribution in [0, 0.1) is 5.92 Å². The molecule has 0 bridgehead atoms. The summed E-state index contributed by atoms with van der Waals surface area (Å²) >= 11 is 0. The first-order chi connectivity index (χ1) is 7.18. The lowest BCUT2D eigenvalue weighted by Crippen LogP contribution is -2.15. The lowest BCUT2D eigenvalue weighted by atomic mass is 10.1. The van der Waals surface area contributed by atoms with Crippen LogP contribution in [0.5, 0.6) is 0 Å². The molecule has 0 saturated heterocycles. The molecule has 1 heterocycles. The Kier molecular flexibility index (Phi) is 2.37. The minimum absolute atomic E-state index is 0.189. The second kappa shape index (κ2) is 3.69. The molecule has 3 heteroatoms. The van der Waals surface area contributed by atoms with Crippen molar-refractivity contribution in [2.75, 3.05) is 0 Å². The zero-order chi connectivity index (χ0) is 10.8. The summed E-state index contributed by atoms with van der Waals surface area (Å²) in [7, 11) is 0. The monoisotopic (exact) mass is 202 g/mol. The summed E-state index contributed by atoms with van der Waals surface area (Å²) in [6.07, 6.45) is 1.57. The molecule has 2 rings (SSSR count). The van der Waals surface area contributed by atoms with Crippen LogP contribution in [-0.4, -0.2) is 11.8 Å². The summed E-state index contributed by atoms with van der Waals surface area (Å²) in [6.45, 7) is 1.39. The van der Waals surface area contributed by atoms with Gasteiger partial charge >= 0.3 is 5.97 Å². The molecule has 0 aromatic heterocycles. The van der Waals surface area contributed by atoms with Crippen molar-refractivity contribution in [2.24, 2.45) is 5.92 Å². The Morgan fingerprint density at radius 1 is 1.27 bits per heavy atom. The molecule has 1 unspecified atom stereocenters. The van der Waals surface area contributed by atoms with Gasteiger partial charge in [0.2, 0.25) is 0 Å². The van der Waals surface area contributed by atoms with Crippen molar-refractivity contribution in [3.8, 4) is 0 Å². The fraction of sp³-hybridized carbons (Fsp3) is 0.167. The highest BCUT2D eigenvalue weighted by Crippen LogP contribution is 2.26. The standard InChI is InChI=1S/C12H10O3/c1-8(13)10-7-11(15-12(10)14)9-5-3-2-4-6-9/h2-7,10H,1H3. The van der Waals surface area contributed by atoms with Crippen LogP contribution in [0.3, 0.4) is 0 Å². The number of carbonyl (C=O) groups is 2. The summed E-state index contributed by atoms with van der Waals surface area (Å²) in [6, 6.07) is 9.25. The maximum Gasteiger partial charge on any atom is 0.325 e. The number of esters is 1. The minimum Gasteiger partial charge on any atom is -0.425 e. The molecule has 0 radical (unpaired) electrons. The highest BCUT2D eigenvalue weighted by Gasteiger charge is 2.31. The Balaban J connectivity index is 2.31. The van der Waals surface area contributed by atoms with E-state index >= 15 is 0 Å². The molecule has 0 aliphatic carbocycles. The fourth-order valence-electron chi connectivity index (χ4n) is 1.47. The summed E-state index contributed by atoms with van der Waals surface area (Å²) in [4.78, 5) is 22.4. The maximum absolute atomic E-state index is 11.3. The molecule has 0 N–H and O–H groups in total. The number of carbonyl (C=O) groups excluding carboxylic acids is 2. The first kappa shape index (κ1) is 9.65. The zero-order valence-corrected chi connectivity index (χ0v) is 8.27. The molecule has 1 aliphatic rings. The van der Waals surface area contributed by atoms with E-state index in [0.29, 0.717) is 5.76 Å². The molecule has 1 aromatic carbocycles. The number of Topliss-reactive ketones (excluding diaryl/α,β-unsaturated/α-hetero) is 1. The smallest absolute Gasteiger partial charge is 0.325 e. The van der Waals surface area contributed by atoms with Crippen LogP contribution in [0.1, 0.15) is 12.5 Å². The third-order valence-corrected chi connectivity index (χ3v) is 2.28. The molecule has 0 saturated carbocycles. The molecule has 1 atom stereocenters. The Labute approximate surface area is 87.4 Å². The van der Waals surface area contributed by atoms with E-state index in [1.165, 1.54) is 6.92 Å². The van der Waals surface area contributed by atoms with E-state index in [1.807, 2.05) is 30.3 Å². The molecule has 3 nitrogen and oxygen atoms in total. The number of benzene rings is 1. The maximum atomic E-state index is 11.3. The van der Waals surface area contributed by atoms with Crippen LogP contribution in [0.2, 0.25) is 0 Å². The molecule has 0 amide bonds. The van der Waals surface area contributed by atoms with Crippen molar-refractivity contribution in [3.63, 3.8) is 0 Å². The Morgan fingerprint density at radius 2 is 1.93 bits per heavy atom. The summed E-state index contributed by atoms with van der Waals surface area (Å²) in [5.74, 6) is -0.937. The third-order valence-electron chi connectivity index (χ3n) is 2.28. The predicted molar refractivity (Wildman–Crippen MR) is 54.7 cm³/mol. The second-order valence-corrected chi connectivity index (χ2v) is 3.41. The van der Waals surface area contributed by atoms with E-state index in [9.17, 15) is 9.59 Å². The van der Waals surface area contributed by atoms with Crippen LogP contribution in [0.25, 0.3) is 5.76 Å². The zero-order valence-electron chi connectivity index (χ0n) is 8.27. The number of hydrogen-bond donors (Lipinski definition) is 0. The molecular formula is C12H10O3. The second-order valence-electron chi connectivity index (χ2n) is 3.41. The van der Waals surface area contributed by atoms with E-state index in [1.54, 1.807) is 6.08 Å². The molecule has 76 valence electrons. The van der Waals surface area contributed by atoms with Gasteiger partial charge in [-0.3, -0.25) is 9.59 Å². The average Bonchev–Trinajstić information content (AvgIpc) is 2.62. The SMILES string of the molecule is CC(=O)C1C=C(c2ccccc2)OC1=O. The number of cyclic esters (lactones) is 1. The van der Waals surface area contributed by atoms with E-state index in [-0.39, 0.29) is 5.78 Å². The number of ketones is 1. The average molecular weight is 202 g/mol. The van der Waals surface area contributed by atoms with Crippen LogP contribution < -0.4 is 0 Å². The Bertz CT molecular complexity index is 431. The minimum atomic E-state index is -0.736. The van der Waals surface area contributed by atoms with Crippen molar-refractivity contribution in [3.05, 3.63) is 42.0 Å². The number of ether oxygens (including phenoxy) is 1. The topological polar surface area (TPSA) is 43.4 Å². The van der Waals surface area contributed by atoms with Gasteiger partial charge in [-0.25, -0.2) is 0 Å².